The fourth-order valence-electron chi connectivity index (χ4n) is 1.63. The Balaban J connectivity index is 2.22. The van der Waals surface area contributed by atoms with Gasteiger partial charge in [-0.05, 0) is 0 Å². The van der Waals surface area contributed by atoms with E-state index < -0.39 is 0 Å². The number of anilines is 2. The van der Waals surface area contributed by atoms with E-state index in [0.717, 1.165) is 37.4 Å². The number of ether oxygens (including phenoxy) is 1. The van der Waals surface area contributed by atoms with Crippen LogP contribution in [-0.4, -0.2) is 53.6 Å². The number of hydrogen-bond acceptors (Lipinski definition) is 7. The Morgan fingerprint density at radius 1 is 1.22 bits per heavy atom. The summed E-state index contributed by atoms with van der Waals surface area (Å²) in [6.45, 7) is 7.38. The molecule has 6 nitrogen and oxygen atoms in total. The number of hydrogen-bond donors (Lipinski definition) is 1. The zero-order valence-electron chi connectivity index (χ0n) is 11.0. The average molecular weight is 269 g/mol. The molecule has 1 aromatic rings. The molecule has 0 saturated carbocycles. The standard InChI is InChI=1S/C11H19N5OS/c1-8(2)18-11-14-9(12-3)13-10(15-11)16-4-6-17-7-5-16/h8H,4-7H2,1-3H3,(H,12,13,14,15). The lowest BCUT2D eigenvalue weighted by Gasteiger charge is -2.27. The molecular weight excluding hydrogens is 250 g/mol. The van der Waals surface area contributed by atoms with Crippen LogP contribution in [0.15, 0.2) is 5.16 Å². The van der Waals surface area contributed by atoms with Crippen LogP contribution in [0, 0.1) is 0 Å². The topological polar surface area (TPSA) is 63.2 Å². The molecular formula is C11H19N5OS. The minimum absolute atomic E-state index is 0.453. The largest absolute Gasteiger partial charge is 0.378 e. The van der Waals surface area contributed by atoms with Gasteiger partial charge in [-0.15, -0.1) is 0 Å². The third-order valence-electron chi connectivity index (χ3n) is 2.46. The van der Waals surface area contributed by atoms with Gasteiger partial charge in [-0.1, -0.05) is 25.6 Å². The van der Waals surface area contributed by atoms with E-state index >= 15 is 0 Å². The van der Waals surface area contributed by atoms with Crippen molar-refractivity contribution in [2.24, 2.45) is 0 Å². The summed E-state index contributed by atoms with van der Waals surface area (Å²) in [6, 6.07) is 0. The second-order valence-corrected chi connectivity index (χ2v) is 5.80. The molecule has 1 aromatic heterocycles. The first kappa shape index (κ1) is 13.4. The van der Waals surface area contributed by atoms with Gasteiger partial charge < -0.3 is 15.0 Å². The number of nitrogens with zero attached hydrogens (tertiary/aromatic N) is 4. The van der Waals surface area contributed by atoms with E-state index in [-0.39, 0.29) is 0 Å². The summed E-state index contributed by atoms with van der Waals surface area (Å²) in [5, 5.41) is 4.21. The minimum atomic E-state index is 0.453. The van der Waals surface area contributed by atoms with E-state index in [0.29, 0.717) is 11.2 Å². The van der Waals surface area contributed by atoms with Crippen molar-refractivity contribution in [3.05, 3.63) is 0 Å². The number of thioether (sulfide) groups is 1. The Hall–Kier alpha value is -1.08. The lowest BCUT2D eigenvalue weighted by molar-refractivity contribution is 0.122. The third-order valence-corrected chi connectivity index (χ3v) is 3.33. The van der Waals surface area contributed by atoms with Crippen LogP contribution < -0.4 is 10.2 Å². The highest BCUT2D eigenvalue weighted by atomic mass is 32.2. The van der Waals surface area contributed by atoms with Crippen LogP contribution >= 0.6 is 11.8 Å². The molecule has 18 heavy (non-hydrogen) atoms. The van der Waals surface area contributed by atoms with Crippen molar-refractivity contribution in [2.75, 3.05) is 43.6 Å². The number of rotatable bonds is 4. The first-order valence-corrected chi connectivity index (χ1v) is 7.00. The molecule has 1 aliphatic heterocycles. The van der Waals surface area contributed by atoms with Crippen LogP contribution in [0.5, 0.6) is 0 Å². The molecule has 1 aliphatic rings. The van der Waals surface area contributed by atoms with Gasteiger partial charge in [0.05, 0.1) is 13.2 Å². The Labute approximate surface area is 112 Å². The van der Waals surface area contributed by atoms with E-state index in [2.05, 4.69) is 39.0 Å². The number of morpholine rings is 1. The van der Waals surface area contributed by atoms with Crippen LogP contribution in [0.3, 0.4) is 0 Å². The van der Waals surface area contributed by atoms with E-state index in [4.69, 9.17) is 4.74 Å². The minimum Gasteiger partial charge on any atom is -0.378 e. The van der Waals surface area contributed by atoms with Crippen molar-refractivity contribution >= 4 is 23.7 Å². The second-order valence-electron chi connectivity index (χ2n) is 4.26. The van der Waals surface area contributed by atoms with Gasteiger partial charge in [0.25, 0.3) is 0 Å². The van der Waals surface area contributed by atoms with E-state index in [1.165, 1.54) is 0 Å². The maximum atomic E-state index is 5.34. The SMILES string of the molecule is CNc1nc(SC(C)C)nc(N2CCOCC2)n1. The van der Waals surface area contributed by atoms with Crippen LogP contribution in [-0.2, 0) is 4.74 Å². The molecule has 0 radical (unpaired) electrons. The predicted octanol–water partition coefficient (Wildman–Crippen LogP) is 1.25. The van der Waals surface area contributed by atoms with Gasteiger partial charge in [0.15, 0.2) is 5.16 Å². The van der Waals surface area contributed by atoms with E-state index in [1.54, 1.807) is 11.8 Å². The maximum absolute atomic E-state index is 5.34. The number of nitrogens with one attached hydrogen (secondary N) is 1. The quantitative estimate of drug-likeness (QED) is 0.825. The Bertz CT molecular complexity index is 395. The second kappa shape index (κ2) is 6.19. The zero-order chi connectivity index (χ0) is 13.0. The van der Waals surface area contributed by atoms with E-state index in [9.17, 15) is 0 Å². The first-order valence-electron chi connectivity index (χ1n) is 6.12. The highest BCUT2D eigenvalue weighted by molar-refractivity contribution is 7.99. The van der Waals surface area contributed by atoms with Gasteiger partial charge in [0.2, 0.25) is 11.9 Å². The molecule has 0 aromatic carbocycles. The zero-order valence-corrected chi connectivity index (χ0v) is 11.8. The summed E-state index contributed by atoms with van der Waals surface area (Å²) in [5.41, 5.74) is 0. The molecule has 1 N–H and O–H groups in total. The highest BCUT2D eigenvalue weighted by Crippen LogP contribution is 2.22. The normalized spacial score (nSPS) is 16.1. The lowest BCUT2D eigenvalue weighted by Crippen LogP contribution is -2.37. The molecule has 0 spiro atoms. The Kier molecular flexibility index (Phi) is 4.60. The molecule has 1 fully saturated rings. The Morgan fingerprint density at radius 3 is 2.56 bits per heavy atom. The fraction of sp³-hybridized carbons (Fsp3) is 0.727. The molecule has 0 atom stereocenters. The van der Waals surface area contributed by atoms with Crippen molar-refractivity contribution in [2.45, 2.75) is 24.3 Å². The van der Waals surface area contributed by atoms with Gasteiger partial charge in [-0.3, -0.25) is 0 Å². The third kappa shape index (κ3) is 3.46. The van der Waals surface area contributed by atoms with Crippen molar-refractivity contribution in [1.29, 1.82) is 0 Å². The first-order chi connectivity index (χ1) is 8.69. The van der Waals surface area contributed by atoms with Crippen LogP contribution in [0.25, 0.3) is 0 Å². The van der Waals surface area contributed by atoms with Gasteiger partial charge in [0, 0.05) is 25.4 Å². The fourth-order valence-corrected chi connectivity index (χ4v) is 2.32. The predicted molar refractivity (Wildman–Crippen MR) is 73.4 cm³/mol. The summed E-state index contributed by atoms with van der Waals surface area (Å²) >= 11 is 1.65. The van der Waals surface area contributed by atoms with Crippen LogP contribution in [0.1, 0.15) is 13.8 Å². The number of aromatic nitrogens is 3. The molecule has 2 rings (SSSR count). The van der Waals surface area contributed by atoms with Gasteiger partial charge in [0.1, 0.15) is 0 Å². The molecule has 2 heterocycles. The maximum Gasteiger partial charge on any atom is 0.231 e. The Morgan fingerprint density at radius 2 is 1.94 bits per heavy atom. The van der Waals surface area contributed by atoms with Crippen molar-refractivity contribution in [3.8, 4) is 0 Å². The summed E-state index contributed by atoms with van der Waals surface area (Å²) in [5.74, 6) is 1.36. The monoisotopic (exact) mass is 269 g/mol. The van der Waals surface area contributed by atoms with E-state index in [1.807, 2.05) is 7.05 Å². The molecule has 0 aliphatic carbocycles. The molecule has 0 bridgehead atoms. The van der Waals surface area contributed by atoms with Crippen LogP contribution in [0.4, 0.5) is 11.9 Å². The van der Waals surface area contributed by atoms with Gasteiger partial charge in [-0.2, -0.15) is 15.0 Å². The van der Waals surface area contributed by atoms with Crippen LogP contribution in [0.2, 0.25) is 0 Å². The van der Waals surface area contributed by atoms with Crippen molar-refractivity contribution in [3.63, 3.8) is 0 Å². The average Bonchev–Trinajstić information content (AvgIpc) is 2.38. The molecule has 0 unspecified atom stereocenters. The molecule has 1 saturated heterocycles. The van der Waals surface area contributed by atoms with Gasteiger partial charge in [-0.25, -0.2) is 0 Å². The van der Waals surface area contributed by atoms with Crippen molar-refractivity contribution < 1.29 is 4.74 Å². The van der Waals surface area contributed by atoms with Crippen molar-refractivity contribution in [1.82, 2.24) is 15.0 Å². The summed E-state index contributed by atoms with van der Waals surface area (Å²) in [6.07, 6.45) is 0. The summed E-state index contributed by atoms with van der Waals surface area (Å²) < 4.78 is 5.34. The lowest BCUT2D eigenvalue weighted by atomic mass is 10.4. The molecule has 7 heteroatoms. The highest BCUT2D eigenvalue weighted by Gasteiger charge is 2.16. The smallest absolute Gasteiger partial charge is 0.231 e. The molecule has 100 valence electrons. The van der Waals surface area contributed by atoms with Gasteiger partial charge >= 0.3 is 0 Å². The summed E-state index contributed by atoms with van der Waals surface area (Å²) in [7, 11) is 1.82. The molecule has 0 amide bonds. The summed E-state index contributed by atoms with van der Waals surface area (Å²) in [4.78, 5) is 15.4.